The number of para-hydroxylation sites is 3. The van der Waals surface area contributed by atoms with Gasteiger partial charge in [0.25, 0.3) is 0 Å². The summed E-state index contributed by atoms with van der Waals surface area (Å²) < 4.78 is 29.9. The molecule has 6 aromatic heterocycles. The van der Waals surface area contributed by atoms with Crippen LogP contribution < -0.4 is 15.2 Å². The van der Waals surface area contributed by atoms with Crippen LogP contribution in [0.15, 0.2) is 178 Å². The summed E-state index contributed by atoms with van der Waals surface area (Å²) in [7, 11) is 6.92. The normalized spacial score (nSPS) is 15.6. The van der Waals surface area contributed by atoms with Crippen LogP contribution in [0, 0.1) is 11.8 Å². The molecule has 0 atom stereocenters. The van der Waals surface area contributed by atoms with Crippen LogP contribution in [0.25, 0.3) is 99.2 Å². The molecule has 9 heterocycles. The molecular weight excluding hydrogens is 1170 g/mol. The number of ether oxygens (including phenoxy) is 2. The van der Waals surface area contributed by atoms with Crippen LogP contribution >= 0.6 is 11.6 Å². The smallest absolute Gasteiger partial charge is 0.197 e. The lowest BCUT2D eigenvalue weighted by Crippen LogP contribution is -2.39. The Balaban J connectivity index is 0.000000126. The average Bonchev–Trinajstić information content (AvgIpc) is 1.44. The Kier molecular flexibility index (Phi) is 19.5. The van der Waals surface area contributed by atoms with Gasteiger partial charge in [-0.15, -0.1) is 0 Å². The Labute approximate surface area is 542 Å². The van der Waals surface area contributed by atoms with Crippen molar-refractivity contribution < 1.29 is 32.3 Å². The number of hydrogen-bond acceptors (Lipinski definition) is 14. The number of halogens is 1. The molecule has 3 fully saturated rings. The summed E-state index contributed by atoms with van der Waals surface area (Å²) in [6.07, 6.45) is 21.4. The molecule has 15 rings (SSSR count). The topological polar surface area (TPSA) is 166 Å². The summed E-state index contributed by atoms with van der Waals surface area (Å²) in [6, 6.07) is 43.7. The van der Waals surface area contributed by atoms with E-state index in [2.05, 4.69) is 102 Å². The van der Waals surface area contributed by atoms with E-state index in [1.165, 1.54) is 16.7 Å². The first kappa shape index (κ1) is 62.2. The van der Waals surface area contributed by atoms with Crippen molar-refractivity contribution in [1.29, 1.82) is 0 Å². The number of likely N-dealkylation sites (tertiary alicyclic amines) is 3. The van der Waals surface area contributed by atoms with E-state index in [0.717, 1.165) is 233 Å². The molecule has 0 aliphatic carbocycles. The lowest BCUT2D eigenvalue weighted by molar-refractivity contribution is 0.185. The Morgan fingerprint density at radius 2 is 0.815 bits per heavy atom. The maximum Gasteiger partial charge on any atom is 0.197 e. The molecular formula is C75H74B2ClN7O7. The summed E-state index contributed by atoms with van der Waals surface area (Å²) in [5.74, 6) is 5.36. The molecule has 0 spiro atoms. The fraction of sp³-hybridized carbons (Fsp3) is 0.293. The second-order valence-electron chi connectivity index (χ2n) is 24.7. The third-order valence-corrected chi connectivity index (χ3v) is 18.9. The van der Waals surface area contributed by atoms with E-state index in [1.54, 1.807) is 28.8 Å². The Morgan fingerprint density at radius 1 is 0.467 bits per heavy atom. The molecule has 0 saturated carbocycles. The summed E-state index contributed by atoms with van der Waals surface area (Å²) >= 11 is 6.67. The lowest BCUT2D eigenvalue weighted by atomic mass is 9.69. The summed E-state index contributed by atoms with van der Waals surface area (Å²) in [4.78, 5) is 42.0. The van der Waals surface area contributed by atoms with Gasteiger partial charge in [-0.3, -0.25) is 29.7 Å². The number of methoxy groups -OCH3 is 2. The molecule has 12 aromatic rings. The second-order valence-corrected chi connectivity index (χ2v) is 25.1. The van der Waals surface area contributed by atoms with Gasteiger partial charge in [-0.2, -0.15) is 0 Å². The first-order valence-corrected chi connectivity index (χ1v) is 32.4. The van der Waals surface area contributed by atoms with Crippen LogP contribution in [-0.4, -0.2) is 116 Å². The number of piperidine rings is 3. The molecule has 6 aromatic carbocycles. The predicted molar refractivity (Wildman–Crippen MR) is 372 cm³/mol. The molecule has 0 amide bonds. The summed E-state index contributed by atoms with van der Waals surface area (Å²) in [5, 5.41) is 10.1. The number of fused-ring (bicyclic) bond motifs is 6. The zero-order chi connectivity index (χ0) is 62.9. The van der Waals surface area contributed by atoms with Gasteiger partial charge in [0.05, 0.1) is 31.6 Å². The highest BCUT2D eigenvalue weighted by Gasteiger charge is 2.24. The number of pyridine rings is 3. The van der Waals surface area contributed by atoms with Crippen LogP contribution in [0.3, 0.4) is 0 Å². The van der Waals surface area contributed by atoms with Gasteiger partial charge in [-0.25, -0.2) is 0 Å². The molecule has 3 saturated heterocycles. The van der Waals surface area contributed by atoms with E-state index in [0.29, 0.717) is 22.9 Å². The number of aromatic nitrogens is 3. The SMILES string of the molecule is COc1cc(CN2CCC(C[B]C=O)CC2)cc2c(-c3cc4ccccc4o3)cncc12.COc1cc(CN2CCC(N)CC2)cc2c(-c3cc4ccccc4o3)cncc12.O=C[B]CC1CCN(Cc2cc(Cl)c3cncc(-c4cc5ccccc5o4)c3c2)CC1. The maximum absolute atomic E-state index is 10.6. The maximum atomic E-state index is 10.6. The highest BCUT2D eigenvalue weighted by Crippen LogP contribution is 2.41. The Hall–Kier alpha value is -8.63. The van der Waals surface area contributed by atoms with Crippen molar-refractivity contribution in [3.8, 4) is 45.5 Å². The van der Waals surface area contributed by atoms with Crippen molar-refractivity contribution in [2.45, 2.75) is 76.8 Å². The van der Waals surface area contributed by atoms with Gasteiger partial charge in [0.2, 0.25) is 0 Å². The minimum absolute atomic E-state index is 0.336. The van der Waals surface area contributed by atoms with Crippen molar-refractivity contribution in [2.75, 3.05) is 53.5 Å². The number of hydrogen-bond donors (Lipinski definition) is 1. The van der Waals surface area contributed by atoms with Crippen LogP contribution in [0.1, 0.15) is 55.2 Å². The van der Waals surface area contributed by atoms with Gasteiger partial charge in [0, 0.05) is 112 Å². The summed E-state index contributed by atoms with van der Waals surface area (Å²) in [5.41, 5.74) is 15.2. The van der Waals surface area contributed by atoms with E-state index in [4.69, 9.17) is 40.1 Å². The molecule has 17 heteroatoms. The minimum Gasteiger partial charge on any atom is -0.496 e. The van der Waals surface area contributed by atoms with E-state index >= 15 is 0 Å². The minimum atomic E-state index is 0.336. The van der Waals surface area contributed by atoms with E-state index in [1.807, 2.05) is 91.8 Å². The number of furan rings is 3. The largest absolute Gasteiger partial charge is 0.496 e. The Bertz CT molecular complexity index is 4450. The van der Waals surface area contributed by atoms with Crippen LogP contribution in [0.2, 0.25) is 17.7 Å². The molecule has 0 bridgehead atoms. The standard InChI is InChI=1S/C26H26BN2O3.C25H23BClN2O2.C24H25N3O2/c1-31-25-11-19(16-29-8-6-18(7-9-29)13-27-17-30)10-21-22(25)14-28-15-23(21)26-12-20-4-2-3-5-24(20)32-26;27-23-10-18(15-29-7-5-17(6-8-29)12-26-16-30)9-20-21(23)13-28-14-22(20)25-11-19-3-1-2-4-24(19)31-25;1-28-23-11-16(15-27-8-6-18(25)7-9-27)10-19-20(23)13-26-14-21(19)24-12-17-4-2-3-5-22(17)29-24/h2-5,10-12,14-15,17-18H,6-9,13,16H2,1H3;1-4,9-11,13-14,16-17H,5-8,12,15H2;2-5,10-14,18H,6-9,15,25H2,1H3. The van der Waals surface area contributed by atoms with Gasteiger partial charge >= 0.3 is 0 Å². The first-order chi connectivity index (χ1) is 45.2. The van der Waals surface area contributed by atoms with Crippen molar-refractivity contribution in [3.63, 3.8) is 0 Å². The van der Waals surface area contributed by atoms with Gasteiger partial charge in [-0.1, -0.05) is 78.8 Å². The number of nitrogens with two attached hydrogens (primary N) is 1. The quantitative estimate of drug-likeness (QED) is 0.0676. The number of carbonyl (C=O) groups is 2. The van der Waals surface area contributed by atoms with Crippen LogP contribution in [-0.2, 0) is 29.2 Å². The molecule has 2 radical (unpaired) electrons. The Morgan fingerprint density at radius 3 is 1.18 bits per heavy atom. The molecule has 3 aliphatic rings. The predicted octanol–water partition coefficient (Wildman–Crippen LogP) is 15.6. The molecule has 0 unspecified atom stereocenters. The van der Waals surface area contributed by atoms with E-state index < -0.39 is 0 Å². The highest BCUT2D eigenvalue weighted by molar-refractivity contribution is 6.67. The van der Waals surface area contributed by atoms with Crippen LogP contribution in [0.5, 0.6) is 11.5 Å². The molecule has 92 heavy (non-hydrogen) atoms. The zero-order valence-corrected chi connectivity index (χ0v) is 52.9. The fourth-order valence-electron chi connectivity index (χ4n) is 13.6. The molecule has 464 valence electrons. The van der Waals surface area contributed by atoms with Gasteiger partial charge < -0.3 is 38.0 Å². The van der Waals surface area contributed by atoms with Crippen molar-refractivity contribution in [1.82, 2.24) is 29.7 Å². The molecule has 2 N–H and O–H groups in total. The van der Waals surface area contributed by atoms with Crippen molar-refractivity contribution >= 4 is 104 Å². The fourth-order valence-corrected chi connectivity index (χ4v) is 13.9. The number of benzene rings is 6. The lowest BCUT2D eigenvalue weighted by Gasteiger charge is -2.32. The average molecular weight is 1240 g/mol. The molecule has 3 aliphatic heterocycles. The van der Waals surface area contributed by atoms with Gasteiger partial charge in [0.15, 0.2) is 14.6 Å². The second kappa shape index (κ2) is 28.9. The van der Waals surface area contributed by atoms with Crippen molar-refractivity contribution in [2.24, 2.45) is 17.6 Å². The van der Waals surface area contributed by atoms with E-state index in [9.17, 15) is 9.59 Å². The third kappa shape index (κ3) is 14.2. The van der Waals surface area contributed by atoms with Gasteiger partial charge in [-0.05, 0) is 195 Å². The number of nitrogens with zero attached hydrogens (tertiary/aromatic N) is 6. The van der Waals surface area contributed by atoms with Gasteiger partial charge in [0.1, 0.15) is 45.5 Å². The van der Waals surface area contributed by atoms with Crippen molar-refractivity contribution in [3.05, 3.63) is 186 Å². The number of carbonyl (C=O) groups excluding carboxylic acids is 2. The highest BCUT2D eigenvalue weighted by atomic mass is 35.5. The first-order valence-electron chi connectivity index (χ1n) is 32.1. The zero-order valence-electron chi connectivity index (χ0n) is 52.1. The van der Waals surface area contributed by atoms with E-state index in [-0.39, 0.29) is 0 Å². The monoisotopic (exact) mass is 1240 g/mol. The summed E-state index contributed by atoms with van der Waals surface area (Å²) in [6.45, 7) is 8.87. The third-order valence-electron chi connectivity index (χ3n) is 18.6. The number of rotatable bonds is 17. The van der Waals surface area contributed by atoms with Crippen LogP contribution in [0.4, 0.5) is 0 Å². The molecule has 14 nitrogen and oxygen atoms in total.